The van der Waals surface area contributed by atoms with Gasteiger partial charge in [0.05, 0.1) is 6.61 Å². The number of likely N-dealkylation sites (N-methyl/N-ethyl adjacent to an activating group) is 1. The lowest BCUT2D eigenvalue weighted by Crippen LogP contribution is -2.32. The van der Waals surface area contributed by atoms with Crippen molar-refractivity contribution in [2.24, 2.45) is 0 Å². The van der Waals surface area contributed by atoms with Gasteiger partial charge in [0, 0.05) is 26.2 Å². The van der Waals surface area contributed by atoms with Crippen LogP contribution >= 0.6 is 0 Å². The van der Waals surface area contributed by atoms with Gasteiger partial charge in [0.15, 0.2) is 0 Å². The fourth-order valence-electron chi connectivity index (χ4n) is 1.66. The number of ether oxygens (including phenoxy) is 2. The Labute approximate surface area is 108 Å². The van der Waals surface area contributed by atoms with Gasteiger partial charge in [-0.25, -0.2) is 0 Å². The molecule has 1 atom stereocenters. The Balaban J connectivity index is 2.68. The molecule has 6 heteroatoms. The third kappa shape index (κ3) is 4.04. The van der Waals surface area contributed by atoms with Crippen LogP contribution in [0, 0.1) is 0 Å². The summed E-state index contributed by atoms with van der Waals surface area (Å²) in [6.07, 6.45) is 0.638. The second-order valence-corrected chi connectivity index (χ2v) is 4.60. The van der Waals surface area contributed by atoms with Gasteiger partial charge < -0.3 is 19.3 Å². The molecular weight excluding hydrogens is 234 g/mol. The molecule has 0 bridgehead atoms. The fourth-order valence-corrected chi connectivity index (χ4v) is 1.66. The van der Waals surface area contributed by atoms with Crippen LogP contribution in [-0.4, -0.2) is 43.6 Å². The normalized spacial score (nSPS) is 13.8. The van der Waals surface area contributed by atoms with Gasteiger partial charge in [0.1, 0.15) is 5.60 Å². The van der Waals surface area contributed by atoms with Crippen LogP contribution in [0.1, 0.15) is 32.5 Å². The largest absolute Gasteiger partial charge is 0.383 e. The van der Waals surface area contributed by atoms with Crippen molar-refractivity contribution in [3.63, 3.8) is 0 Å². The maximum Gasteiger partial charge on any atom is 0.228 e. The molecule has 0 aliphatic rings. The van der Waals surface area contributed by atoms with Crippen molar-refractivity contribution < 1.29 is 14.0 Å². The summed E-state index contributed by atoms with van der Waals surface area (Å²) in [5, 5.41) is 7.11. The molecule has 0 radical (unpaired) electrons. The molecule has 0 aliphatic heterocycles. The monoisotopic (exact) mass is 257 g/mol. The van der Waals surface area contributed by atoms with Crippen molar-refractivity contribution in [1.82, 2.24) is 15.5 Å². The van der Waals surface area contributed by atoms with Crippen LogP contribution in [0.2, 0.25) is 0 Å². The highest BCUT2D eigenvalue weighted by Gasteiger charge is 2.27. The van der Waals surface area contributed by atoms with E-state index in [1.807, 2.05) is 27.8 Å². The van der Waals surface area contributed by atoms with Crippen LogP contribution in [0.15, 0.2) is 4.52 Å². The highest BCUT2D eigenvalue weighted by Crippen LogP contribution is 2.21. The summed E-state index contributed by atoms with van der Waals surface area (Å²) in [5.41, 5.74) is -0.521. The van der Waals surface area contributed by atoms with Gasteiger partial charge >= 0.3 is 0 Å². The van der Waals surface area contributed by atoms with Gasteiger partial charge in [0.2, 0.25) is 11.7 Å². The average molecular weight is 257 g/mol. The zero-order valence-corrected chi connectivity index (χ0v) is 11.8. The van der Waals surface area contributed by atoms with E-state index < -0.39 is 5.60 Å². The lowest BCUT2D eigenvalue weighted by molar-refractivity contribution is -0.0221. The Morgan fingerprint density at radius 3 is 2.72 bits per heavy atom. The number of rotatable bonds is 8. The number of aromatic nitrogens is 2. The summed E-state index contributed by atoms with van der Waals surface area (Å²) in [6, 6.07) is 0.165. The lowest BCUT2D eigenvalue weighted by atomic mass is 10.1. The molecule has 18 heavy (non-hydrogen) atoms. The van der Waals surface area contributed by atoms with Crippen molar-refractivity contribution in [2.45, 2.75) is 38.8 Å². The predicted octanol–water partition coefficient (Wildman–Crippen LogP) is 1.12. The molecule has 0 aliphatic carbocycles. The first-order chi connectivity index (χ1) is 8.53. The van der Waals surface area contributed by atoms with Crippen LogP contribution in [0.25, 0.3) is 0 Å². The van der Waals surface area contributed by atoms with E-state index in [-0.39, 0.29) is 6.04 Å². The zero-order chi connectivity index (χ0) is 13.6. The summed E-state index contributed by atoms with van der Waals surface area (Å²) in [7, 11) is 3.55. The molecule has 0 fully saturated rings. The van der Waals surface area contributed by atoms with Gasteiger partial charge in [-0.05, 0) is 27.8 Å². The Morgan fingerprint density at radius 2 is 2.17 bits per heavy atom. The second kappa shape index (κ2) is 6.82. The molecular formula is C12H23N3O3. The summed E-state index contributed by atoms with van der Waals surface area (Å²) >= 11 is 0. The molecule has 1 aromatic heterocycles. The van der Waals surface area contributed by atoms with E-state index in [2.05, 4.69) is 15.5 Å². The average Bonchev–Trinajstić information content (AvgIpc) is 2.77. The van der Waals surface area contributed by atoms with Crippen LogP contribution < -0.4 is 5.32 Å². The minimum atomic E-state index is -0.521. The number of nitrogens with one attached hydrogen (secondary N) is 1. The third-order valence-electron chi connectivity index (χ3n) is 2.71. The molecule has 6 nitrogen and oxygen atoms in total. The molecule has 1 rings (SSSR count). The number of hydrogen-bond donors (Lipinski definition) is 1. The number of methoxy groups -OCH3 is 1. The molecule has 0 saturated carbocycles. The highest BCUT2D eigenvalue weighted by molar-refractivity contribution is 4.98. The standard InChI is InChI=1S/C12H23N3O3/c1-6-17-12(2,3)11-14-10(18-15-11)7-9(13-4)8-16-5/h9,13H,6-8H2,1-5H3. The summed E-state index contributed by atoms with van der Waals surface area (Å²) in [4.78, 5) is 4.37. The molecule has 0 spiro atoms. The van der Waals surface area contributed by atoms with Crippen LogP contribution in [0.3, 0.4) is 0 Å². The zero-order valence-electron chi connectivity index (χ0n) is 11.8. The minimum absolute atomic E-state index is 0.165. The molecule has 0 saturated heterocycles. The maximum absolute atomic E-state index is 5.58. The molecule has 0 aromatic carbocycles. The van der Waals surface area contributed by atoms with Crippen molar-refractivity contribution in [3.8, 4) is 0 Å². The first-order valence-corrected chi connectivity index (χ1v) is 6.16. The third-order valence-corrected chi connectivity index (χ3v) is 2.71. The number of nitrogens with zero attached hydrogens (tertiary/aromatic N) is 2. The van der Waals surface area contributed by atoms with E-state index in [0.29, 0.717) is 31.3 Å². The van der Waals surface area contributed by atoms with Gasteiger partial charge in [-0.3, -0.25) is 0 Å². The lowest BCUT2D eigenvalue weighted by Gasteiger charge is -2.19. The van der Waals surface area contributed by atoms with Crippen molar-refractivity contribution in [2.75, 3.05) is 27.4 Å². The van der Waals surface area contributed by atoms with E-state index in [4.69, 9.17) is 14.0 Å². The van der Waals surface area contributed by atoms with Gasteiger partial charge in [0.25, 0.3) is 0 Å². The maximum atomic E-state index is 5.58. The topological polar surface area (TPSA) is 69.4 Å². The SMILES string of the molecule is CCOC(C)(C)c1noc(CC(COC)NC)n1. The molecule has 1 heterocycles. The van der Waals surface area contributed by atoms with E-state index in [1.165, 1.54) is 0 Å². The van der Waals surface area contributed by atoms with Crippen molar-refractivity contribution in [1.29, 1.82) is 0 Å². The number of hydrogen-bond acceptors (Lipinski definition) is 6. The minimum Gasteiger partial charge on any atom is -0.383 e. The molecule has 104 valence electrons. The van der Waals surface area contributed by atoms with Gasteiger partial charge in [-0.15, -0.1) is 0 Å². The van der Waals surface area contributed by atoms with Crippen LogP contribution in [0.4, 0.5) is 0 Å². The Morgan fingerprint density at radius 1 is 1.44 bits per heavy atom. The Bertz CT molecular complexity index is 352. The van der Waals surface area contributed by atoms with Gasteiger partial charge in [-0.1, -0.05) is 5.16 Å². The van der Waals surface area contributed by atoms with Crippen LogP contribution in [-0.2, 0) is 21.5 Å². The van der Waals surface area contributed by atoms with E-state index in [1.54, 1.807) is 7.11 Å². The van der Waals surface area contributed by atoms with Crippen molar-refractivity contribution in [3.05, 3.63) is 11.7 Å². The van der Waals surface area contributed by atoms with Crippen molar-refractivity contribution >= 4 is 0 Å². The summed E-state index contributed by atoms with van der Waals surface area (Å²) in [6.45, 7) is 7.01. The Hall–Kier alpha value is -0.980. The molecule has 1 aromatic rings. The van der Waals surface area contributed by atoms with Gasteiger partial charge in [-0.2, -0.15) is 4.98 Å². The Kier molecular flexibility index (Phi) is 5.71. The summed E-state index contributed by atoms with van der Waals surface area (Å²) in [5.74, 6) is 1.17. The highest BCUT2D eigenvalue weighted by atomic mass is 16.5. The molecule has 1 unspecified atom stereocenters. The first kappa shape index (κ1) is 15.1. The summed E-state index contributed by atoms with van der Waals surface area (Å²) < 4.78 is 15.9. The molecule has 0 amide bonds. The fraction of sp³-hybridized carbons (Fsp3) is 0.833. The van der Waals surface area contributed by atoms with E-state index in [0.717, 1.165) is 0 Å². The smallest absolute Gasteiger partial charge is 0.228 e. The van der Waals surface area contributed by atoms with E-state index >= 15 is 0 Å². The predicted molar refractivity (Wildman–Crippen MR) is 67.4 cm³/mol. The quantitative estimate of drug-likeness (QED) is 0.752. The molecule has 1 N–H and O–H groups in total. The van der Waals surface area contributed by atoms with Crippen LogP contribution in [0.5, 0.6) is 0 Å². The van der Waals surface area contributed by atoms with E-state index in [9.17, 15) is 0 Å². The first-order valence-electron chi connectivity index (χ1n) is 6.16. The second-order valence-electron chi connectivity index (χ2n) is 4.60.